The molecule has 1 aliphatic heterocycles. The normalized spacial score (nSPS) is 17.2. The predicted octanol–water partition coefficient (Wildman–Crippen LogP) is 5.04. The van der Waals surface area contributed by atoms with Crippen molar-refractivity contribution in [3.8, 4) is 10.6 Å². The lowest BCUT2D eigenvalue weighted by Gasteiger charge is -2.32. The first-order valence-electron chi connectivity index (χ1n) is 9.62. The van der Waals surface area contributed by atoms with Crippen LogP contribution in [0.3, 0.4) is 0 Å². The van der Waals surface area contributed by atoms with Crippen LogP contribution in [0, 0.1) is 13.8 Å². The topological polar surface area (TPSA) is 72.1 Å². The molecular weight excluding hydrogens is 404 g/mol. The number of hydrogen-bond donors (Lipinski definition) is 0. The van der Waals surface area contributed by atoms with Gasteiger partial charge in [-0.3, -0.25) is 4.79 Å². The summed E-state index contributed by atoms with van der Waals surface area (Å²) in [7, 11) is 0. The van der Waals surface area contributed by atoms with Crippen molar-refractivity contribution in [3.63, 3.8) is 0 Å². The van der Waals surface area contributed by atoms with Gasteiger partial charge in [-0.05, 0) is 44.9 Å². The van der Waals surface area contributed by atoms with Gasteiger partial charge in [0.1, 0.15) is 0 Å². The van der Waals surface area contributed by atoms with Gasteiger partial charge in [-0.1, -0.05) is 5.16 Å². The Balaban J connectivity index is 1.54. The number of thiophene rings is 1. The van der Waals surface area contributed by atoms with Crippen LogP contribution in [0.15, 0.2) is 34.3 Å². The molecule has 0 aromatic carbocycles. The van der Waals surface area contributed by atoms with Crippen molar-refractivity contribution in [1.29, 1.82) is 0 Å². The molecular formula is C21H20N4O2S2. The third kappa shape index (κ3) is 3.36. The molecule has 148 valence electrons. The number of carbonyl (C=O) groups is 1. The average Bonchev–Trinajstić information content (AvgIpc) is 3.49. The van der Waals surface area contributed by atoms with Gasteiger partial charge in [0.25, 0.3) is 11.6 Å². The van der Waals surface area contributed by atoms with Crippen LogP contribution in [-0.2, 0) is 0 Å². The molecule has 0 radical (unpaired) electrons. The number of rotatable bonds is 3. The minimum atomic E-state index is 0.0134. The number of aromatic nitrogens is 3. The Morgan fingerprint density at radius 2 is 2.21 bits per heavy atom. The second-order valence-corrected chi connectivity index (χ2v) is 9.59. The molecule has 0 aliphatic carbocycles. The van der Waals surface area contributed by atoms with E-state index in [1.54, 1.807) is 22.7 Å². The maximum atomic E-state index is 13.6. The van der Waals surface area contributed by atoms with Gasteiger partial charge < -0.3 is 9.42 Å². The third-order valence-electron chi connectivity index (χ3n) is 5.35. The minimum Gasteiger partial charge on any atom is -0.338 e. The lowest BCUT2D eigenvalue weighted by Crippen LogP contribution is -2.39. The molecule has 6 nitrogen and oxygen atoms in total. The summed E-state index contributed by atoms with van der Waals surface area (Å²) in [6.07, 6.45) is 3.88. The molecule has 4 aromatic heterocycles. The van der Waals surface area contributed by atoms with E-state index >= 15 is 0 Å². The van der Waals surface area contributed by atoms with E-state index in [9.17, 15) is 4.79 Å². The number of aryl methyl sites for hydroxylation is 2. The number of fused-ring (bicyclic) bond motifs is 1. The van der Waals surface area contributed by atoms with E-state index in [-0.39, 0.29) is 5.91 Å². The van der Waals surface area contributed by atoms with Crippen molar-refractivity contribution >= 4 is 39.7 Å². The molecule has 1 atom stereocenters. The summed E-state index contributed by atoms with van der Waals surface area (Å²) in [5, 5.41) is 7.89. The average molecular weight is 425 g/mol. The number of pyridine rings is 1. The largest absolute Gasteiger partial charge is 0.338 e. The van der Waals surface area contributed by atoms with Crippen LogP contribution < -0.4 is 0 Å². The van der Waals surface area contributed by atoms with Crippen LogP contribution in [0.5, 0.6) is 0 Å². The lowest BCUT2D eigenvalue weighted by molar-refractivity contribution is 0.0709. The fourth-order valence-electron chi connectivity index (χ4n) is 3.93. The fourth-order valence-corrected chi connectivity index (χ4v) is 5.53. The van der Waals surface area contributed by atoms with E-state index in [0.29, 0.717) is 34.8 Å². The van der Waals surface area contributed by atoms with Crippen molar-refractivity contribution < 1.29 is 9.32 Å². The zero-order valence-corrected chi connectivity index (χ0v) is 17.8. The summed E-state index contributed by atoms with van der Waals surface area (Å²) in [4.78, 5) is 26.8. The summed E-state index contributed by atoms with van der Waals surface area (Å²) in [5.74, 6) is 0.312. The SMILES string of the molecule is Cc1ccc(-c2cc(C(=O)N3CCCC(c4nccs4)C3)c3c(C)noc3n2)s1. The fraction of sp³-hybridized carbons (Fsp3) is 0.333. The summed E-state index contributed by atoms with van der Waals surface area (Å²) < 4.78 is 5.44. The molecule has 5 heterocycles. The minimum absolute atomic E-state index is 0.0134. The zero-order chi connectivity index (χ0) is 20.0. The number of piperidine rings is 1. The summed E-state index contributed by atoms with van der Waals surface area (Å²) in [6, 6.07) is 5.99. The highest BCUT2D eigenvalue weighted by atomic mass is 32.1. The van der Waals surface area contributed by atoms with Crippen molar-refractivity contribution in [3.05, 3.63) is 50.9 Å². The smallest absolute Gasteiger partial charge is 0.259 e. The highest BCUT2D eigenvalue weighted by molar-refractivity contribution is 7.15. The highest BCUT2D eigenvalue weighted by Gasteiger charge is 2.29. The van der Waals surface area contributed by atoms with Gasteiger partial charge in [-0.2, -0.15) is 0 Å². The maximum Gasteiger partial charge on any atom is 0.259 e. The van der Waals surface area contributed by atoms with E-state index in [0.717, 1.165) is 35.0 Å². The molecule has 4 aromatic rings. The Morgan fingerprint density at radius 1 is 1.31 bits per heavy atom. The van der Waals surface area contributed by atoms with Gasteiger partial charge in [0.05, 0.1) is 32.2 Å². The van der Waals surface area contributed by atoms with E-state index in [1.165, 1.54) is 4.88 Å². The van der Waals surface area contributed by atoms with Crippen LogP contribution in [0.2, 0.25) is 0 Å². The first kappa shape index (κ1) is 18.4. The molecule has 0 bridgehead atoms. The Labute approximate surface area is 176 Å². The predicted molar refractivity (Wildman–Crippen MR) is 115 cm³/mol. The van der Waals surface area contributed by atoms with Crippen LogP contribution in [-0.4, -0.2) is 39.0 Å². The van der Waals surface area contributed by atoms with Crippen LogP contribution in [0.4, 0.5) is 0 Å². The number of carbonyl (C=O) groups excluding carboxylic acids is 1. The Bertz CT molecular complexity index is 1180. The molecule has 1 saturated heterocycles. The van der Waals surface area contributed by atoms with Crippen molar-refractivity contribution in [2.75, 3.05) is 13.1 Å². The van der Waals surface area contributed by atoms with Gasteiger partial charge in [0.2, 0.25) is 0 Å². The Hall–Kier alpha value is -2.58. The van der Waals surface area contributed by atoms with Crippen molar-refractivity contribution in [2.24, 2.45) is 0 Å². The summed E-state index contributed by atoms with van der Waals surface area (Å²) in [6.45, 7) is 5.36. The molecule has 5 rings (SSSR count). The maximum absolute atomic E-state index is 13.6. The van der Waals surface area contributed by atoms with E-state index < -0.39 is 0 Å². The zero-order valence-electron chi connectivity index (χ0n) is 16.2. The standard InChI is InChI=1S/C21H20N4O2S2/c1-12-5-6-17(29-12)16-10-15(18-13(2)24-27-19(18)23-16)21(26)25-8-3-4-14(11-25)20-22-7-9-28-20/h5-7,9-10,14H,3-4,8,11H2,1-2H3. The first-order chi connectivity index (χ1) is 14.1. The number of thiazole rings is 1. The van der Waals surface area contributed by atoms with Gasteiger partial charge in [0, 0.05) is 35.5 Å². The summed E-state index contributed by atoms with van der Waals surface area (Å²) >= 11 is 3.32. The number of amides is 1. The van der Waals surface area contributed by atoms with E-state index in [1.807, 2.05) is 35.5 Å². The van der Waals surface area contributed by atoms with Crippen LogP contribution in [0.1, 0.15) is 44.7 Å². The molecule has 1 fully saturated rings. The first-order valence-corrected chi connectivity index (χ1v) is 11.3. The number of likely N-dealkylation sites (tertiary alicyclic amines) is 1. The van der Waals surface area contributed by atoms with Gasteiger partial charge in [-0.15, -0.1) is 22.7 Å². The van der Waals surface area contributed by atoms with E-state index in [2.05, 4.69) is 28.1 Å². The Morgan fingerprint density at radius 3 is 2.97 bits per heavy atom. The molecule has 0 spiro atoms. The quantitative estimate of drug-likeness (QED) is 0.460. The number of hydrogen-bond acceptors (Lipinski definition) is 7. The molecule has 1 unspecified atom stereocenters. The van der Waals surface area contributed by atoms with Gasteiger partial charge in [-0.25, -0.2) is 9.97 Å². The number of nitrogens with zero attached hydrogens (tertiary/aromatic N) is 4. The Kier molecular flexibility index (Phi) is 4.67. The van der Waals surface area contributed by atoms with Gasteiger partial charge >= 0.3 is 0 Å². The molecule has 8 heteroatoms. The van der Waals surface area contributed by atoms with E-state index in [4.69, 9.17) is 4.52 Å². The van der Waals surface area contributed by atoms with Crippen molar-refractivity contribution in [1.82, 2.24) is 20.0 Å². The van der Waals surface area contributed by atoms with Gasteiger partial charge in [0.15, 0.2) is 0 Å². The second-order valence-electron chi connectivity index (χ2n) is 7.37. The lowest BCUT2D eigenvalue weighted by atomic mass is 9.97. The summed E-state index contributed by atoms with van der Waals surface area (Å²) in [5.41, 5.74) is 2.49. The molecule has 0 N–H and O–H groups in total. The molecule has 1 amide bonds. The molecule has 1 aliphatic rings. The molecule has 0 saturated carbocycles. The monoisotopic (exact) mass is 424 g/mol. The third-order valence-corrected chi connectivity index (χ3v) is 7.31. The van der Waals surface area contributed by atoms with Crippen molar-refractivity contribution in [2.45, 2.75) is 32.6 Å². The van der Waals surface area contributed by atoms with Crippen LogP contribution in [0.25, 0.3) is 21.7 Å². The molecule has 29 heavy (non-hydrogen) atoms. The second kappa shape index (κ2) is 7.35. The highest BCUT2D eigenvalue weighted by Crippen LogP contribution is 2.33. The van der Waals surface area contributed by atoms with Crippen LogP contribution >= 0.6 is 22.7 Å².